The Kier molecular flexibility index (Phi) is 4.69. The third-order valence-electron chi connectivity index (χ3n) is 3.41. The van der Waals surface area contributed by atoms with Crippen LogP contribution >= 0.6 is 0 Å². The van der Waals surface area contributed by atoms with Crippen LogP contribution in [0, 0.1) is 0 Å². The zero-order chi connectivity index (χ0) is 14.1. The summed E-state index contributed by atoms with van der Waals surface area (Å²) in [6, 6.07) is 0. The summed E-state index contributed by atoms with van der Waals surface area (Å²) < 4.78 is 5.99. The lowest BCUT2D eigenvalue weighted by Crippen LogP contribution is -2.60. The molecule has 0 aromatic rings. The molecule has 0 bridgehead atoms. The summed E-state index contributed by atoms with van der Waals surface area (Å²) in [7, 11) is -2.21. The molecular formula is C14H30O2Si. The average molecular weight is 258 g/mol. The molecule has 0 aromatic carbocycles. The van der Waals surface area contributed by atoms with Crippen LogP contribution in [0.1, 0.15) is 62.3 Å². The molecule has 0 heterocycles. The Morgan fingerprint density at radius 3 is 1.24 bits per heavy atom. The predicted octanol–water partition coefficient (Wildman–Crippen LogP) is 5.42. The Bertz CT molecular complexity index is 227. The van der Waals surface area contributed by atoms with E-state index in [4.69, 9.17) is 9.46 Å². The lowest BCUT2D eigenvalue weighted by atomic mass is 10.2. The van der Waals surface area contributed by atoms with E-state index in [2.05, 4.69) is 68.9 Å². The molecule has 2 nitrogen and oxygen atoms in total. The summed E-state index contributed by atoms with van der Waals surface area (Å²) in [4.78, 5) is 5.20. The molecule has 102 valence electrons. The summed E-state index contributed by atoms with van der Waals surface area (Å²) in [5, 5.41) is 0.228. The number of hydrogen-bond donors (Lipinski definition) is 0. The van der Waals surface area contributed by atoms with Gasteiger partial charge in [-0.3, -0.25) is 0 Å². The van der Waals surface area contributed by atoms with E-state index in [1.165, 1.54) is 6.26 Å². The Labute approximate surface area is 108 Å². The molecule has 0 rings (SSSR count). The third-order valence-corrected chi connectivity index (χ3v) is 10.1. The standard InChI is InChI=1S/C14H30O2Si/c1-11-15-16-17(12(2,3)4,13(5,6)7)14(8,9)10/h11H,1H2,2-10H3. The highest BCUT2D eigenvalue weighted by molar-refractivity contribution is 6.81. The van der Waals surface area contributed by atoms with Crippen molar-refractivity contribution in [2.75, 3.05) is 0 Å². The van der Waals surface area contributed by atoms with Gasteiger partial charge in [0, 0.05) is 0 Å². The quantitative estimate of drug-likeness (QED) is 0.291. The fraction of sp³-hybridized carbons (Fsp3) is 0.857. The van der Waals surface area contributed by atoms with Crippen LogP contribution < -0.4 is 0 Å². The van der Waals surface area contributed by atoms with Gasteiger partial charge in [0.2, 0.25) is 0 Å². The van der Waals surface area contributed by atoms with Crippen molar-refractivity contribution in [3.8, 4) is 0 Å². The van der Waals surface area contributed by atoms with Crippen molar-refractivity contribution in [1.82, 2.24) is 0 Å². The first-order chi connectivity index (χ1) is 7.31. The second-order valence-corrected chi connectivity index (χ2v) is 13.8. The minimum absolute atomic E-state index is 0.0759. The highest BCUT2D eigenvalue weighted by Crippen LogP contribution is 2.62. The van der Waals surface area contributed by atoms with Crippen LogP contribution in [0.25, 0.3) is 0 Å². The first-order valence-electron chi connectivity index (χ1n) is 6.26. The molecule has 0 spiro atoms. The molecule has 0 aliphatic carbocycles. The molecule has 0 saturated heterocycles. The average Bonchev–Trinajstić information content (AvgIpc) is 1.96. The summed E-state index contributed by atoms with van der Waals surface area (Å²) in [5.41, 5.74) is 0. The van der Waals surface area contributed by atoms with Crippen molar-refractivity contribution < 1.29 is 9.46 Å². The number of hydrogen-bond acceptors (Lipinski definition) is 2. The Hall–Kier alpha value is -0.283. The minimum atomic E-state index is -2.21. The maximum atomic E-state index is 5.99. The van der Waals surface area contributed by atoms with Crippen molar-refractivity contribution >= 4 is 8.32 Å². The molecule has 0 fully saturated rings. The molecule has 0 aromatic heterocycles. The lowest BCUT2D eigenvalue weighted by Gasteiger charge is -2.55. The van der Waals surface area contributed by atoms with E-state index in [1.807, 2.05) is 0 Å². The van der Waals surface area contributed by atoms with Crippen LogP contribution in [0.4, 0.5) is 0 Å². The van der Waals surface area contributed by atoms with E-state index in [0.717, 1.165) is 0 Å². The Morgan fingerprint density at radius 1 is 0.765 bits per heavy atom. The monoisotopic (exact) mass is 258 g/mol. The van der Waals surface area contributed by atoms with Crippen LogP contribution in [0.15, 0.2) is 12.8 Å². The zero-order valence-corrected chi connectivity index (χ0v) is 14.1. The third kappa shape index (κ3) is 2.94. The van der Waals surface area contributed by atoms with Gasteiger partial charge in [0.1, 0.15) is 6.26 Å². The van der Waals surface area contributed by atoms with Gasteiger partial charge in [-0.2, -0.15) is 0 Å². The van der Waals surface area contributed by atoms with Crippen molar-refractivity contribution in [1.29, 1.82) is 0 Å². The minimum Gasteiger partial charge on any atom is -0.358 e. The smallest absolute Gasteiger partial charge is 0.270 e. The predicted molar refractivity (Wildman–Crippen MR) is 77.3 cm³/mol. The molecule has 0 aliphatic rings. The van der Waals surface area contributed by atoms with Gasteiger partial charge in [-0.15, -0.1) is 0 Å². The summed E-state index contributed by atoms with van der Waals surface area (Å²) >= 11 is 0. The van der Waals surface area contributed by atoms with Gasteiger partial charge in [-0.1, -0.05) is 68.9 Å². The van der Waals surface area contributed by atoms with Crippen LogP contribution in [0.3, 0.4) is 0 Å². The van der Waals surface area contributed by atoms with Gasteiger partial charge in [0.05, 0.1) is 0 Å². The van der Waals surface area contributed by atoms with Gasteiger partial charge in [-0.25, -0.2) is 4.58 Å². The molecule has 0 N–H and O–H groups in total. The molecule has 3 heteroatoms. The molecule has 0 atom stereocenters. The molecule has 0 amide bonds. The Morgan fingerprint density at radius 2 is 1.06 bits per heavy atom. The highest BCUT2D eigenvalue weighted by atomic mass is 28.4. The van der Waals surface area contributed by atoms with Crippen LogP contribution in [-0.2, 0) is 9.46 Å². The normalized spacial score (nSPS) is 14.6. The maximum absolute atomic E-state index is 5.99. The van der Waals surface area contributed by atoms with Gasteiger partial charge in [0.25, 0.3) is 8.32 Å². The van der Waals surface area contributed by atoms with E-state index in [0.29, 0.717) is 0 Å². The fourth-order valence-electron chi connectivity index (χ4n) is 3.86. The second kappa shape index (κ2) is 4.77. The maximum Gasteiger partial charge on any atom is 0.270 e. The topological polar surface area (TPSA) is 18.5 Å². The van der Waals surface area contributed by atoms with Crippen LogP contribution in [0.2, 0.25) is 15.1 Å². The molecular weight excluding hydrogens is 228 g/mol. The molecule has 0 unspecified atom stereocenters. The second-order valence-electron chi connectivity index (χ2n) is 7.78. The first-order valence-corrected chi connectivity index (χ1v) is 8.17. The van der Waals surface area contributed by atoms with Crippen molar-refractivity contribution in [3.63, 3.8) is 0 Å². The molecule has 17 heavy (non-hydrogen) atoms. The summed E-state index contributed by atoms with van der Waals surface area (Å²) in [6.45, 7) is 23.9. The summed E-state index contributed by atoms with van der Waals surface area (Å²) in [6.07, 6.45) is 1.38. The van der Waals surface area contributed by atoms with Gasteiger partial charge < -0.3 is 4.89 Å². The molecule has 0 saturated carbocycles. The zero-order valence-electron chi connectivity index (χ0n) is 13.1. The van der Waals surface area contributed by atoms with Crippen LogP contribution in [0.5, 0.6) is 0 Å². The van der Waals surface area contributed by atoms with Gasteiger partial charge >= 0.3 is 0 Å². The van der Waals surface area contributed by atoms with Gasteiger partial charge in [-0.05, 0) is 15.1 Å². The van der Waals surface area contributed by atoms with E-state index in [-0.39, 0.29) is 15.1 Å². The number of rotatable bonds is 3. The SMILES string of the molecule is C=COO[Si](C(C)(C)C)(C(C)(C)C)C(C)(C)C. The van der Waals surface area contributed by atoms with Crippen molar-refractivity contribution in [2.24, 2.45) is 0 Å². The van der Waals surface area contributed by atoms with Crippen molar-refractivity contribution in [2.45, 2.75) is 77.4 Å². The largest absolute Gasteiger partial charge is 0.358 e. The van der Waals surface area contributed by atoms with E-state index >= 15 is 0 Å². The van der Waals surface area contributed by atoms with Crippen molar-refractivity contribution in [3.05, 3.63) is 12.8 Å². The fourth-order valence-corrected chi connectivity index (χ4v) is 11.6. The summed E-state index contributed by atoms with van der Waals surface area (Å²) in [5.74, 6) is 0. The Balaban J connectivity index is 5.83. The molecule has 0 radical (unpaired) electrons. The van der Waals surface area contributed by atoms with Gasteiger partial charge in [0.15, 0.2) is 0 Å². The lowest BCUT2D eigenvalue weighted by molar-refractivity contribution is -0.174. The highest BCUT2D eigenvalue weighted by Gasteiger charge is 2.64. The first kappa shape index (κ1) is 16.7. The molecule has 0 aliphatic heterocycles. The van der Waals surface area contributed by atoms with Crippen LogP contribution in [-0.4, -0.2) is 8.32 Å². The van der Waals surface area contributed by atoms with E-state index in [1.54, 1.807) is 0 Å². The van der Waals surface area contributed by atoms with E-state index < -0.39 is 8.32 Å². The van der Waals surface area contributed by atoms with E-state index in [9.17, 15) is 0 Å².